The molecular formula is C33H40N4O5S. The second kappa shape index (κ2) is 12.9. The minimum atomic E-state index is -3.64. The number of hydrogen-bond acceptors (Lipinski definition) is 8. The molecule has 0 saturated carbocycles. The zero-order valence-corrected chi connectivity index (χ0v) is 26.3. The molecule has 0 radical (unpaired) electrons. The summed E-state index contributed by atoms with van der Waals surface area (Å²) in [6.07, 6.45) is 1.57. The molecule has 9 nitrogen and oxygen atoms in total. The Morgan fingerprint density at radius 3 is 2.44 bits per heavy atom. The molecule has 1 atom stereocenters. The van der Waals surface area contributed by atoms with Crippen molar-refractivity contribution in [3.05, 3.63) is 84.1 Å². The number of nitrogens with two attached hydrogens (primary N) is 1. The summed E-state index contributed by atoms with van der Waals surface area (Å²) in [4.78, 5) is 18.2. The third kappa shape index (κ3) is 7.19. The molecule has 0 bridgehead atoms. The van der Waals surface area contributed by atoms with E-state index in [2.05, 4.69) is 15.6 Å². The van der Waals surface area contributed by atoms with Crippen molar-refractivity contribution in [3.8, 4) is 11.5 Å². The van der Waals surface area contributed by atoms with Crippen molar-refractivity contribution in [1.82, 2.24) is 10.3 Å². The number of carbonyl (C=O) groups excluding carboxylic acids is 1. The van der Waals surface area contributed by atoms with Crippen molar-refractivity contribution < 1.29 is 22.7 Å². The van der Waals surface area contributed by atoms with Crippen molar-refractivity contribution in [2.75, 3.05) is 17.7 Å². The fourth-order valence-corrected chi connectivity index (χ4v) is 6.01. The SMILES string of the molecule is CCOc1cc(C(Nc2ccc3c(N)nccc3c2)C(=O)NCc2ccccc2S(=O)(=O)C(C)(C)C)ccc1OC(C)C. The Morgan fingerprint density at radius 1 is 1.00 bits per heavy atom. The lowest BCUT2D eigenvalue weighted by molar-refractivity contribution is -0.122. The van der Waals surface area contributed by atoms with Crippen LogP contribution >= 0.6 is 0 Å². The van der Waals surface area contributed by atoms with Crippen molar-refractivity contribution in [2.45, 2.75) is 69.9 Å². The fraction of sp³-hybridized carbons (Fsp3) is 0.333. The zero-order chi connectivity index (χ0) is 31.4. The monoisotopic (exact) mass is 604 g/mol. The molecule has 1 amide bonds. The molecule has 0 aliphatic heterocycles. The van der Waals surface area contributed by atoms with E-state index >= 15 is 0 Å². The minimum Gasteiger partial charge on any atom is -0.490 e. The number of sulfone groups is 1. The van der Waals surface area contributed by atoms with E-state index in [0.717, 1.165) is 10.8 Å². The van der Waals surface area contributed by atoms with Gasteiger partial charge in [0.1, 0.15) is 11.9 Å². The maximum Gasteiger partial charge on any atom is 0.247 e. The lowest BCUT2D eigenvalue weighted by Crippen LogP contribution is -2.34. The van der Waals surface area contributed by atoms with Crippen LogP contribution in [0, 0.1) is 0 Å². The normalized spacial score (nSPS) is 12.6. The quantitative estimate of drug-likeness (QED) is 0.189. The van der Waals surface area contributed by atoms with Gasteiger partial charge in [0.2, 0.25) is 5.91 Å². The van der Waals surface area contributed by atoms with E-state index in [-0.39, 0.29) is 23.5 Å². The minimum absolute atomic E-state index is 0.0231. The topological polar surface area (TPSA) is 133 Å². The van der Waals surface area contributed by atoms with E-state index in [1.165, 1.54) is 0 Å². The van der Waals surface area contributed by atoms with Gasteiger partial charge in [-0.3, -0.25) is 4.79 Å². The van der Waals surface area contributed by atoms with E-state index in [1.807, 2.05) is 51.1 Å². The molecule has 4 rings (SSSR count). The summed E-state index contributed by atoms with van der Waals surface area (Å²) in [5.74, 6) is 1.17. The lowest BCUT2D eigenvalue weighted by Gasteiger charge is -2.24. The lowest BCUT2D eigenvalue weighted by atomic mass is 10.0. The summed E-state index contributed by atoms with van der Waals surface area (Å²) in [5.41, 5.74) is 7.88. The van der Waals surface area contributed by atoms with Crippen LogP contribution in [-0.2, 0) is 21.2 Å². The number of pyridine rings is 1. The molecule has 1 unspecified atom stereocenters. The maximum absolute atomic E-state index is 13.9. The molecule has 0 aliphatic rings. The first-order chi connectivity index (χ1) is 20.3. The first-order valence-electron chi connectivity index (χ1n) is 14.3. The molecule has 0 fully saturated rings. The smallest absolute Gasteiger partial charge is 0.247 e. The Kier molecular flexibility index (Phi) is 9.49. The van der Waals surface area contributed by atoms with Crippen molar-refractivity contribution >= 4 is 38.0 Å². The van der Waals surface area contributed by atoms with Gasteiger partial charge in [-0.15, -0.1) is 0 Å². The number of nitrogens with zero attached hydrogens (tertiary/aromatic N) is 1. The van der Waals surface area contributed by atoms with Gasteiger partial charge in [0.15, 0.2) is 21.3 Å². The Morgan fingerprint density at radius 2 is 1.74 bits per heavy atom. The molecule has 3 aromatic carbocycles. The average molecular weight is 605 g/mol. The number of carbonyl (C=O) groups is 1. The van der Waals surface area contributed by atoms with Crippen LogP contribution in [0.3, 0.4) is 0 Å². The predicted octanol–water partition coefficient (Wildman–Crippen LogP) is 6.04. The summed E-state index contributed by atoms with van der Waals surface area (Å²) < 4.78 is 37.4. The van der Waals surface area contributed by atoms with Gasteiger partial charge in [0, 0.05) is 23.8 Å². The number of benzene rings is 3. The van der Waals surface area contributed by atoms with Gasteiger partial charge in [-0.2, -0.15) is 0 Å². The summed E-state index contributed by atoms with van der Waals surface area (Å²) in [6, 6.07) is 18.7. The van der Waals surface area contributed by atoms with Gasteiger partial charge in [-0.25, -0.2) is 13.4 Å². The van der Waals surface area contributed by atoms with Crippen molar-refractivity contribution in [1.29, 1.82) is 0 Å². The molecular weight excluding hydrogens is 564 g/mol. The molecule has 4 aromatic rings. The Bertz CT molecular complexity index is 1710. The van der Waals surface area contributed by atoms with Gasteiger partial charge in [0.05, 0.1) is 22.4 Å². The van der Waals surface area contributed by atoms with Gasteiger partial charge in [-0.1, -0.05) is 24.3 Å². The summed E-state index contributed by atoms with van der Waals surface area (Å²) in [6.45, 7) is 11.2. The van der Waals surface area contributed by atoms with Crippen LogP contribution in [0.4, 0.5) is 11.5 Å². The van der Waals surface area contributed by atoms with E-state index in [1.54, 1.807) is 63.4 Å². The first-order valence-corrected chi connectivity index (χ1v) is 15.7. The number of ether oxygens (including phenoxy) is 2. The van der Waals surface area contributed by atoms with Gasteiger partial charge in [0.25, 0.3) is 0 Å². The Balaban J connectivity index is 1.71. The summed E-state index contributed by atoms with van der Waals surface area (Å²) in [7, 11) is -3.64. The summed E-state index contributed by atoms with van der Waals surface area (Å²) in [5, 5.41) is 7.99. The van der Waals surface area contributed by atoms with Gasteiger partial charge in [-0.05, 0) is 101 Å². The number of nitrogen functional groups attached to an aromatic ring is 1. The van der Waals surface area contributed by atoms with Crippen molar-refractivity contribution in [2.24, 2.45) is 0 Å². The number of anilines is 2. The average Bonchev–Trinajstić information content (AvgIpc) is 2.95. The van der Waals surface area contributed by atoms with E-state index in [9.17, 15) is 13.2 Å². The second-order valence-electron chi connectivity index (χ2n) is 11.5. The van der Waals surface area contributed by atoms with Crippen LogP contribution in [0.15, 0.2) is 77.8 Å². The standard InChI is InChI=1S/C33H40N4O5S/c1-7-41-28-19-23(12-15-27(28)42-21(2)3)30(37-25-13-14-26-22(18-25)16-17-35-31(26)34)32(38)36-20-24-10-8-9-11-29(24)43(39,40)33(4,5)6/h8-19,21,30,37H,7,20H2,1-6H3,(H2,34,35)(H,36,38). The fourth-order valence-electron chi connectivity index (χ4n) is 4.61. The highest BCUT2D eigenvalue weighted by Gasteiger charge is 2.33. The van der Waals surface area contributed by atoms with E-state index in [4.69, 9.17) is 15.2 Å². The van der Waals surface area contributed by atoms with Crippen LogP contribution in [0.5, 0.6) is 11.5 Å². The number of aromatic nitrogens is 1. The van der Waals surface area contributed by atoms with Crippen LogP contribution in [-0.4, -0.2) is 36.8 Å². The molecule has 228 valence electrons. The summed E-state index contributed by atoms with van der Waals surface area (Å²) >= 11 is 0. The Labute approximate surface area is 253 Å². The largest absolute Gasteiger partial charge is 0.490 e. The first kappa shape index (κ1) is 31.6. The number of rotatable bonds is 11. The highest BCUT2D eigenvalue weighted by atomic mass is 32.2. The molecule has 43 heavy (non-hydrogen) atoms. The van der Waals surface area contributed by atoms with Crippen LogP contribution < -0.4 is 25.8 Å². The van der Waals surface area contributed by atoms with Gasteiger partial charge < -0.3 is 25.8 Å². The molecule has 0 saturated heterocycles. The number of amides is 1. The van der Waals surface area contributed by atoms with Crippen LogP contribution in [0.1, 0.15) is 58.7 Å². The molecule has 0 aliphatic carbocycles. The third-order valence-electron chi connectivity index (χ3n) is 6.85. The molecule has 1 heterocycles. The maximum atomic E-state index is 13.9. The second-order valence-corrected chi connectivity index (χ2v) is 14.1. The van der Waals surface area contributed by atoms with Crippen LogP contribution in [0.25, 0.3) is 10.8 Å². The number of nitrogens with one attached hydrogen (secondary N) is 2. The zero-order valence-electron chi connectivity index (χ0n) is 25.5. The highest BCUT2D eigenvalue weighted by Crippen LogP contribution is 2.34. The number of fused-ring (bicyclic) bond motifs is 1. The molecule has 4 N–H and O–H groups in total. The molecule has 1 aromatic heterocycles. The predicted molar refractivity (Wildman–Crippen MR) is 171 cm³/mol. The van der Waals surface area contributed by atoms with E-state index in [0.29, 0.717) is 40.7 Å². The van der Waals surface area contributed by atoms with E-state index < -0.39 is 20.6 Å². The van der Waals surface area contributed by atoms with Gasteiger partial charge >= 0.3 is 0 Å². The third-order valence-corrected chi connectivity index (χ3v) is 9.44. The highest BCUT2D eigenvalue weighted by molar-refractivity contribution is 7.92. The number of hydrogen-bond donors (Lipinski definition) is 3. The van der Waals surface area contributed by atoms with Crippen LogP contribution in [0.2, 0.25) is 0 Å². The Hall–Kier alpha value is -4.31. The van der Waals surface area contributed by atoms with Crippen molar-refractivity contribution in [3.63, 3.8) is 0 Å². The molecule has 10 heteroatoms. The molecule has 0 spiro atoms.